The number of aromatic nitrogens is 3. The lowest BCUT2D eigenvalue weighted by atomic mass is 10.1. The van der Waals surface area contributed by atoms with Gasteiger partial charge < -0.3 is 10.1 Å². The monoisotopic (exact) mass is 500 g/mol. The molecule has 1 aromatic heterocycles. The minimum absolute atomic E-state index is 0.0287. The van der Waals surface area contributed by atoms with Crippen LogP contribution in [-0.4, -0.2) is 29.6 Å². The molecule has 4 aromatic rings. The van der Waals surface area contributed by atoms with Crippen LogP contribution in [0.2, 0.25) is 0 Å². The highest BCUT2D eigenvalue weighted by Crippen LogP contribution is 2.30. The highest BCUT2D eigenvalue weighted by atomic mass is 32.2. The second-order valence-corrected chi connectivity index (χ2v) is 9.83. The maximum absolute atomic E-state index is 14.0. The Labute approximate surface area is 199 Å². The number of rotatable bonds is 8. The van der Waals surface area contributed by atoms with Crippen LogP contribution in [0.1, 0.15) is 11.1 Å². The van der Waals surface area contributed by atoms with Crippen LogP contribution in [0, 0.1) is 17.5 Å². The van der Waals surface area contributed by atoms with Crippen molar-refractivity contribution in [3.63, 3.8) is 0 Å². The molecule has 0 radical (unpaired) electrons. The van der Waals surface area contributed by atoms with Gasteiger partial charge in [-0.05, 0) is 48.0 Å². The van der Waals surface area contributed by atoms with E-state index in [1.807, 2.05) is 0 Å². The standard InChI is InChI=1S/C24H19F3N4O3S/c1-35(32,33)13-15-3-2-4-19(9-15)30-24-29-14-28-23(31-24)20-7-5-18(26)11-22(20)34-12-16-10-17(25)6-8-21(16)27/h2-11,14H,12-13H2,1H3,(H,28,29,30,31). The molecule has 4 rings (SSSR count). The lowest BCUT2D eigenvalue weighted by Gasteiger charge is -2.12. The number of hydrogen-bond donors (Lipinski definition) is 1. The molecule has 0 bridgehead atoms. The lowest BCUT2D eigenvalue weighted by Crippen LogP contribution is -2.04. The number of nitrogens with one attached hydrogen (secondary N) is 1. The summed E-state index contributed by atoms with van der Waals surface area (Å²) in [6.07, 6.45) is 2.39. The Morgan fingerprint density at radius 2 is 1.71 bits per heavy atom. The van der Waals surface area contributed by atoms with Crippen molar-refractivity contribution < 1.29 is 26.3 Å². The van der Waals surface area contributed by atoms with Gasteiger partial charge in [-0.25, -0.2) is 31.6 Å². The lowest BCUT2D eigenvalue weighted by molar-refractivity contribution is 0.298. The maximum atomic E-state index is 14.0. The molecule has 11 heteroatoms. The largest absolute Gasteiger partial charge is 0.488 e. The Morgan fingerprint density at radius 1 is 0.943 bits per heavy atom. The first kappa shape index (κ1) is 24.1. The Hall–Kier alpha value is -3.99. The number of ether oxygens (including phenoxy) is 1. The minimum atomic E-state index is -3.21. The topological polar surface area (TPSA) is 94.1 Å². The van der Waals surface area contributed by atoms with Gasteiger partial charge in [0.05, 0.1) is 11.3 Å². The zero-order valence-corrected chi connectivity index (χ0v) is 19.2. The fourth-order valence-corrected chi connectivity index (χ4v) is 4.05. The average molecular weight is 501 g/mol. The molecular weight excluding hydrogens is 481 g/mol. The van der Waals surface area contributed by atoms with Crippen LogP contribution in [0.4, 0.5) is 24.8 Å². The Morgan fingerprint density at radius 3 is 2.51 bits per heavy atom. The first-order valence-corrected chi connectivity index (χ1v) is 12.3. The number of benzene rings is 3. The van der Waals surface area contributed by atoms with Crippen LogP contribution in [0.25, 0.3) is 11.4 Å². The van der Waals surface area contributed by atoms with Crippen molar-refractivity contribution in [2.24, 2.45) is 0 Å². The number of halogens is 3. The van der Waals surface area contributed by atoms with Gasteiger partial charge in [0.15, 0.2) is 15.7 Å². The minimum Gasteiger partial charge on any atom is -0.488 e. The fourth-order valence-electron chi connectivity index (χ4n) is 3.27. The normalized spacial score (nSPS) is 11.3. The Bertz CT molecular complexity index is 1480. The van der Waals surface area contributed by atoms with Crippen LogP contribution >= 0.6 is 0 Å². The van der Waals surface area contributed by atoms with E-state index in [0.29, 0.717) is 16.8 Å². The van der Waals surface area contributed by atoms with Crippen LogP contribution in [0.3, 0.4) is 0 Å². The molecule has 0 fully saturated rings. The predicted molar refractivity (Wildman–Crippen MR) is 124 cm³/mol. The third-order valence-electron chi connectivity index (χ3n) is 4.76. The zero-order chi connectivity index (χ0) is 25.0. The van der Waals surface area contributed by atoms with Crippen molar-refractivity contribution in [2.75, 3.05) is 11.6 Å². The van der Waals surface area contributed by atoms with E-state index in [9.17, 15) is 21.6 Å². The third kappa shape index (κ3) is 6.54. The summed E-state index contributed by atoms with van der Waals surface area (Å²) in [6.45, 7) is -0.344. The summed E-state index contributed by atoms with van der Waals surface area (Å²) in [5, 5.41) is 2.98. The van der Waals surface area contributed by atoms with Crippen molar-refractivity contribution >= 4 is 21.5 Å². The molecule has 0 saturated carbocycles. The first-order chi connectivity index (χ1) is 16.7. The van der Waals surface area contributed by atoms with Crippen molar-refractivity contribution in [1.29, 1.82) is 0 Å². The van der Waals surface area contributed by atoms with E-state index < -0.39 is 27.3 Å². The van der Waals surface area contributed by atoms with Crippen molar-refractivity contribution in [3.05, 3.63) is 95.6 Å². The van der Waals surface area contributed by atoms with Crippen molar-refractivity contribution in [3.8, 4) is 17.1 Å². The number of sulfone groups is 1. The summed E-state index contributed by atoms with van der Waals surface area (Å²) in [4.78, 5) is 12.5. The second-order valence-electron chi connectivity index (χ2n) is 7.69. The molecule has 7 nitrogen and oxygen atoms in total. The molecule has 0 aliphatic carbocycles. The van der Waals surface area contributed by atoms with E-state index in [2.05, 4.69) is 20.3 Å². The molecule has 0 amide bonds. The van der Waals surface area contributed by atoms with Crippen LogP contribution in [-0.2, 0) is 22.2 Å². The van der Waals surface area contributed by atoms with Crippen molar-refractivity contribution in [2.45, 2.75) is 12.4 Å². The van der Waals surface area contributed by atoms with Crippen LogP contribution < -0.4 is 10.1 Å². The molecule has 0 aliphatic rings. The van der Waals surface area contributed by atoms with Crippen LogP contribution in [0.5, 0.6) is 5.75 Å². The molecule has 0 aliphatic heterocycles. The van der Waals surface area contributed by atoms with Gasteiger partial charge in [0.25, 0.3) is 0 Å². The van der Waals surface area contributed by atoms with Gasteiger partial charge in [0, 0.05) is 23.6 Å². The van der Waals surface area contributed by atoms with E-state index in [-0.39, 0.29) is 35.4 Å². The maximum Gasteiger partial charge on any atom is 0.230 e. The number of anilines is 2. The van der Waals surface area contributed by atoms with Gasteiger partial charge in [0.1, 0.15) is 36.1 Å². The summed E-state index contributed by atoms with van der Waals surface area (Å²) < 4.78 is 70.1. The number of hydrogen-bond acceptors (Lipinski definition) is 7. The molecule has 0 spiro atoms. The van der Waals surface area contributed by atoms with E-state index in [0.717, 1.165) is 30.5 Å². The van der Waals surface area contributed by atoms with Crippen molar-refractivity contribution in [1.82, 2.24) is 15.0 Å². The van der Waals surface area contributed by atoms with Gasteiger partial charge in [0.2, 0.25) is 5.95 Å². The highest BCUT2D eigenvalue weighted by molar-refractivity contribution is 7.89. The fraction of sp³-hybridized carbons (Fsp3) is 0.125. The molecule has 35 heavy (non-hydrogen) atoms. The molecule has 1 heterocycles. The van der Waals surface area contributed by atoms with E-state index in [1.54, 1.807) is 24.3 Å². The van der Waals surface area contributed by atoms with E-state index in [4.69, 9.17) is 4.74 Å². The second kappa shape index (κ2) is 10.1. The molecule has 1 N–H and O–H groups in total. The average Bonchev–Trinajstić information content (AvgIpc) is 2.79. The molecule has 180 valence electrons. The summed E-state index contributed by atoms with van der Waals surface area (Å²) in [5.41, 5.74) is 1.41. The third-order valence-corrected chi connectivity index (χ3v) is 5.62. The SMILES string of the molecule is CS(=O)(=O)Cc1cccc(Nc2ncnc(-c3ccc(F)cc3OCc3cc(F)ccc3F)n2)c1. The molecule has 3 aromatic carbocycles. The van der Waals surface area contributed by atoms with E-state index >= 15 is 0 Å². The summed E-state index contributed by atoms with van der Waals surface area (Å²) in [7, 11) is -3.21. The van der Waals surface area contributed by atoms with E-state index in [1.165, 1.54) is 18.5 Å². The summed E-state index contributed by atoms with van der Waals surface area (Å²) in [5.74, 6) is -1.68. The molecule has 0 atom stereocenters. The molecule has 0 saturated heterocycles. The summed E-state index contributed by atoms with van der Waals surface area (Å²) >= 11 is 0. The quantitative estimate of drug-likeness (QED) is 0.371. The summed E-state index contributed by atoms with van der Waals surface area (Å²) in [6, 6.07) is 13.4. The number of nitrogens with zero attached hydrogens (tertiary/aromatic N) is 3. The molecule has 0 unspecified atom stereocenters. The van der Waals surface area contributed by atoms with Gasteiger partial charge in [-0.3, -0.25) is 0 Å². The van der Waals surface area contributed by atoms with Gasteiger partial charge in [-0.1, -0.05) is 12.1 Å². The van der Waals surface area contributed by atoms with Crippen LogP contribution in [0.15, 0.2) is 67.0 Å². The first-order valence-electron chi connectivity index (χ1n) is 10.3. The Balaban J connectivity index is 1.59. The molecular formula is C24H19F3N4O3S. The van der Waals surface area contributed by atoms with Gasteiger partial charge in [-0.15, -0.1) is 0 Å². The smallest absolute Gasteiger partial charge is 0.230 e. The van der Waals surface area contributed by atoms with Gasteiger partial charge >= 0.3 is 0 Å². The zero-order valence-electron chi connectivity index (χ0n) is 18.4. The van der Waals surface area contributed by atoms with Gasteiger partial charge in [-0.2, -0.15) is 4.98 Å². The Kier molecular flexibility index (Phi) is 6.97. The predicted octanol–water partition coefficient (Wildman–Crippen LogP) is 4.82. The highest BCUT2D eigenvalue weighted by Gasteiger charge is 2.14.